The van der Waals surface area contributed by atoms with E-state index < -0.39 is 0 Å². The Morgan fingerprint density at radius 3 is 3.00 bits per heavy atom. The Balaban J connectivity index is 1.69. The van der Waals surface area contributed by atoms with E-state index in [4.69, 9.17) is 0 Å². The normalized spacial score (nSPS) is 14.8. The van der Waals surface area contributed by atoms with Gasteiger partial charge in [0.2, 0.25) is 5.91 Å². The maximum atomic E-state index is 12.7. The van der Waals surface area contributed by atoms with E-state index in [2.05, 4.69) is 20.9 Å². The van der Waals surface area contributed by atoms with Crippen LogP contribution in [0.2, 0.25) is 0 Å². The fraction of sp³-hybridized carbons (Fsp3) is 0.412. The zero-order valence-corrected chi connectivity index (χ0v) is 14.6. The van der Waals surface area contributed by atoms with E-state index in [1.54, 1.807) is 11.8 Å². The van der Waals surface area contributed by atoms with E-state index >= 15 is 0 Å². The molecule has 0 saturated heterocycles. The monoisotopic (exact) mass is 330 g/mol. The van der Waals surface area contributed by atoms with Crippen LogP contribution < -0.4 is 5.32 Å². The number of amides is 1. The molecule has 0 spiro atoms. The second-order valence-corrected chi connectivity index (χ2v) is 7.12. The summed E-state index contributed by atoms with van der Waals surface area (Å²) in [6.07, 6.45) is 2.03. The molecule has 1 atom stereocenters. The molecule has 1 aromatic heterocycles. The number of imidazole rings is 1. The topological polar surface area (TPSA) is 50.2 Å². The third-order valence-electron chi connectivity index (χ3n) is 3.92. The van der Waals surface area contributed by atoms with Crippen molar-refractivity contribution in [2.24, 2.45) is 0 Å². The maximum Gasteiger partial charge on any atom is 0.242 e. The molecule has 0 fully saturated rings. The molecule has 0 radical (unpaired) electrons. The summed E-state index contributed by atoms with van der Waals surface area (Å²) in [7, 11) is 3.85. The number of aromatic nitrogens is 2. The number of benzene rings is 1. The third kappa shape index (κ3) is 3.59. The van der Waals surface area contributed by atoms with Gasteiger partial charge in [-0.2, -0.15) is 0 Å². The number of likely N-dealkylation sites (N-methyl/N-ethyl adjacent to an activating group) is 1. The van der Waals surface area contributed by atoms with Crippen molar-refractivity contribution >= 4 is 17.7 Å². The van der Waals surface area contributed by atoms with Crippen molar-refractivity contribution in [3.05, 3.63) is 47.3 Å². The van der Waals surface area contributed by atoms with Crippen LogP contribution in [0.25, 0.3) is 0 Å². The number of carbonyl (C=O) groups excluding carboxylic acids is 1. The van der Waals surface area contributed by atoms with Crippen molar-refractivity contribution in [1.82, 2.24) is 19.8 Å². The fourth-order valence-corrected chi connectivity index (χ4v) is 3.81. The molecule has 0 aliphatic carbocycles. The molecule has 0 saturated carbocycles. The van der Waals surface area contributed by atoms with Crippen molar-refractivity contribution in [3.63, 3.8) is 0 Å². The molecule has 0 unspecified atom stereocenters. The molecule has 2 aromatic rings. The highest BCUT2D eigenvalue weighted by Gasteiger charge is 2.23. The lowest BCUT2D eigenvalue weighted by atomic mass is 10.0. The average molecular weight is 330 g/mol. The Morgan fingerprint density at radius 1 is 1.48 bits per heavy atom. The lowest BCUT2D eigenvalue weighted by molar-refractivity contribution is -0.126. The number of aryl methyl sites for hydroxylation is 2. The fourth-order valence-electron chi connectivity index (χ4n) is 2.85. The van der Waals surface area contributed by atoms with Crippen LogP contribution in [0, 0.1) is 6.92 Å². The van der Waals surface area contributed by atoms with Crippen LogP contribution in [-0.4, -0.2) is 40.2 Å². The maximum absolute atomic E-state index is 12.7. The van der Waals surface area contributed by atoms with Crippen molar-refractivity contribution in [1.29, 1.82) is 0 Å². The van der Waals surface area contributed by atoms with Gasteiger partial charge in [-0.25, -0.2) is 4.98 Å². The van der Waals surface area contributed by atoms with E-state index in [0.29, 0.717) is 6.54 Å². The van der Waals surface area contributed by atoms with Gasteiger partial charge in [0.15, 0.2) is 5.16 Å². The molecule has 2 heterocycles. The highest BCUT2D eigenvalue weighted by atomic mass is 32.2. The van der Waals surface area contributed by atoms with Crippen LogP contribution in [0.5, 0.6) is 0 Å². The number of hydrogen-bond acceptors (Lipinski definition) is 4. The Morgan fingerprint density at radius 2 is 2.30 bits per heavy atom. The molecule has 6 heteroatoms. The van der Waals surface area contributed by atoms with Gasteiger partial charge < -0.3 is 9.88 Å². The molecule has 122 valence electrons. The second-order valence-electron chi connectivity index (χ2n) is 6.05. The lowest BCUT2D eigenvalue weighted by Gasteiger charge is -2.24. The predicted molar refractivity (Wildman–Crippen MR) is 92.4 cm³/mol. The highest BCUT2D eigenvalue weighted by Crippen LogP contribution is 2.24. The van der Waals surface area contributed by atoms with Crippen molar-refractivity contribution < 1.29 is 4.79 Å². The number of nitrogens with zero attached hydrogens (tertiary/aromatic N) is 3. The van der Waals surface area contributed by atoms with Crippen LogP contribution in [0.4, 0.5) is 0 Å². The zero-order valence-electron chi connectivity index (χ0n) is 13.7. The molecule has 1 N–H and O–H groups in total. The summed E-state index contributed by atoms with van der Waals surface area (Å²) in [5.41, 5.74) is 3.09. The molecule has 23 heavy (non-hydrogen) atoms. The van der Waals surface area contributed by atoms with Crippen LogP contribution in [-0.2, 0) is 17.9 Å². The average Bonchev–Trinajstić information content (AvgIpc) is 3.06. The Labute approximate surface area is 141 Å². The lowest BCUT2D eigenvalue weighted by Crippen LogP contribution is -2.36. The SMILES string of the molecule is Cc1cccc([C@@H](C(=O)NCc2cn3c(n2)SCC3)N(C)C)c1. The molecular weight excluding hydrogens is 308 g/mol. The molecule has 1 amide bonds. The molecule has 5 nitrogen and oxygen atoms in total. The van der Waals surface area contributed by atoms with Crippen LogP contribution in [0.3, 0.4) is 0 Å². The van der Waals surface area contributed by atoms with Gasteiger partial charge >= 0.3 is 0 Å². The largest absolute Gasteiger partial charge is 0.349 e. The van der Waals surface area contributed by atoms with Gasteiger partial charge in [0.1, 0.15) is 6.04 Å². The standard InChI is InChI=1S/C17H22N4OS/c1-12-5-4-6-13(9-12)15(20(2)3)16(22)18-10-14-11-21-7-8-23-17(21)19-14/h4-6,9,11,15H,7-8,10H2,1-3H3,(H,18,22)/t15-/m0/s1. The summed E-state index contributed by atoms with van der Waals surface area (Å²) in [5.74, 6) is 1.09. The van der Waals surface area contributed by atoms with E-state index in [0.717, 1.165) is 34.3 Å². The number of thioether (sulfide) groups is 1. The smallest absolute Gasteiger partial charge is 0.242 e. The molecular formula is C17H22N4OS. The third-order valence-corrected chi connectivity index (χ3v) is 4.89. The summed E-state index contributed by atoms with van der Waals surface area (Å²) in [6, 6.07) is 7.80. The van der Waals surface area contributed by atoms with Crippen LogP contribution in [0.1, 0.15) is 22.9 Å². The molecule has 3 rings (SSSR count). The minimum Gasteiger partial charge on any atom is -0.349 e. The zero-order chi connectivity index (χ0) is 16.4. The van der Waals surface area contributed by atoms with Crippen molar-refractivity contribution in [2.45, 2.75) is 31.2 Å². The van der Waals surface area contributed by atoms with Gasteiger partial charge in [0.05, 0.1) is 12.2 Å². The Kier molecular flexibility index (Phi) is 4.73. The van der Waals surface area contributed by atoms with Gasteiger partial charge in [-0.15, -0.1) is 0 Å². The summed E-state index contributed by atoms with van der Waals surface area (Å²) < 4.78 is 2.15. The first-order valence-corrected chi connectivity index (χ1v) is 8.72. The molecule has 0 bridgehead atoms. The number of carbonyl (C=O) groups is 1. The summed E-state index contributed by atoms with van der Waals surface area (Å²) >= 11 is 1.76. The van der Waals surface area contributed by atoms with Crippen molar-refractivity contribution in [2.75, 3.05) is 19.8 Å². The van der Waals surface area contributed by atoms with Gasteiger partial charge in [0, 0.05) is 18.5 Å². The van der Waals surface area contributed by atoms with Gasteiger partial charge in [0.25, 0.3) is 0 Å². The first-order chi connectivity index (χ1) is 11.0. The van der Waals surface area contributed by atoms with Crippen LogP contribution >= 0.6 is 11.8 Å². The predicted octanol–water partition coefficient (Wildman–Crippen LogP) is 2.22. The van der Waals surface area contributed by atoms with E-state index in [1.807, 2.05) is 50.3 Å². The number of rotatable bonds is 5. The highest BCUT2D eigenvalue weighted by molar-refractivity contribution is 7.99. The van der Waals surface area contributed by atoms with Gasteiger partial charge in [-0.05, 0) is 26.6 Å². The molecule has 1 aromatic carbocycles. The number of fused-ring (bicyclic) bond motifs is 1. The van der Waals surface area contributed by atoms with Gasteiger partial charge in [-0.1, -0.05) is 41.6 Å². The van der Waals surface area contributed by atoms with Gasteiger partial charge in [-0.3, -0.25) is 9.69 Å². The molecule has 1 aliphatic rings. The second kappa shape index (κ2) is 6.76. The summed E-state index contributed by atoms with van der Waals surface area (Å²) in [6.45, 7) is 3.51. The quantitative estimate of drug-likeness (QED) is 0.913. The summed E-state index contributed by atoms with van der Waals surface area (Å²) in [4.78, 5) is 19.1. The van der Waals surface area contributed by atoms with E-state index in [9.17, 15) is 4.79 Å². The van der Waals surface area contributed by atoms with Crippen LogP contribution in [0.15, 0.2) is 35.6 Å². The number of nitrogens with one attached hydrogen (secondary N) is 1. The van der Waals surface area contributed by atoms with E-state index in [1.165, 1.54) is 0 Å². The summed E-state index contributed by atoms with van der Waals surface area (Å²) in [5, 5.41) is 4.07. The van der Waals surface area contributed by atoms with E-state index in [-0.39, 0.29) is 11.9 Å². The minimum absolute atomic E-state index is 0.00131. The first kappa shape index (κ1) is 16.1. The first-order valence-electron chi connectivity index (χ1n) is 7.74. The molecule has 1 aliphatic heterocycles. The van der Waals surface area contributed by atoms with Crippen molar-refractivity contribution in [3.8, 4) is 0 Å². The number of hydrogen-bond donors (Lipinski definition) is 1. The minimum atomic E-state index is -0.293. The Hall–Kier alpha value is -1.79. The Bertz CT molecular complexity index is 689.